The number of anilines is 3. The molecule has 258 valence electrons. The number of carboxylic acids is 1. The first-order chi connectivity index (χ1) is 25.0. The number of benzene rings is 5. The summed E-state index contributed by atoms with van der Waals surface area (Å²) in [6, 6.07) is 32.2. The van der Waals surface area contributed by atoms with Crippen molar-refractivity contribution in [1.29, 1.82) is 0 Å². The average Bonchev–Trinajstić information content (AvgIpc) is 3.14. The van der Waals surface area contributed by atoms with E-state index in [-0.39, 0.29) is 28.3 Å². The Hall–Kier alpha value is -7.10. The topological polar surface area (TPSA) is 235 Å². The first-order valence-electron chi connectivity index (χ1n) is 15.4. The van der Waals surface area contributed by atoms with Gasteiger partial charge in [0.15, 0.2) is 5.78 Å². The largest absolute Gasteiger partial charge is 0.478 e. The summed E-state index contributed by atoms with van der Waals surface area (Å²) in [4.78, 5) is 22.2. The summed E-state index contributed by atoms with van der Waals surface area (Å²) in [5, 5.41) is 29.9. The second kappa shape index (κ2) is 14.8. The van der Waals surface area contributed by atoms with Crippen LogP contribution in [0.15, 0.2) is 163 Å². The third-order valence-electron chi connectivity index (χ3n) is 7.70. The van der Waals surface area contributed by atoms with Crippen LogP contribution in [-0.2, 0) is 19.7 Å². The highest BCUT2D eigenvalue weighted by Crippen LogP contribution is 2.43. The molecule has 0 saturated heterocycles. The summed E-state index contributed by atoms with van der Waals surface area (Å²) < 4.78 is 34.2. The number of carboxylic acid groups (broad SMARTS) is 1. The monoisotopic (exact) mass is 712 g/mol. The molecule has 0 fully saturated rings. The Morgan fingerprint density at radius 1 is 0.673 bits per heavy atom. The normalized spacial score (nSPS) is 13.9. The lowest BCUT2D eigenvalue weighted by molar-refractivity contribution is -0.134. The van der Waals surface area contributed by atoms with Crippen molar-refractivity contribution >= 4 is 67.4 Å². The fourth-order valence-corrected chi connectivity index (χ4v) is 5.61. The van der Waals surface area contributed by atoms with Crippen molar-refractivity contribution in [3.05, 3.63) is 133 Å². The Labute approximate surface area is 297 Å². The van der Waals surface area contributed by atoms with Crippen molar-refractivity contribution in [2.45, 2.75) is 4.90 Å². The van der Waals surface area contributed by atoms with E-state index in [1.165, 1.54) is 12.2 Å². The summed E-state index contributed by atoms with van der Waals surface area (Å²) in [6.45, 7) is 0. The Morgan fingerprint density at radius 3 is 1.77 bits per heavy atom. The van der Waals surface area contributed by atoms with Gasteiger partial charge in [-0.05, 0) is 82.9 Å². The number of carbonyl (C=O) groups is 2. The quantitative estimate of drug-likeness (QED) is 0.0234. The van der Waals surface area contributed by atoms with Gasteiger partial charge in [0.05, 0.1) is 34.1 Å². The molecule has 7 N–H and O–H groups in total. The Bertz CT molecular complexity index is 2440. The number of hydrazone groups is 1. The van der Waals surface area contributed by atoms with Crippen LogP contribution < -0.4 is 16.9 Å². The number of ketones is 1. The molecule has 0 heterocycles. The number of nitrogens with one attached hydrogen (secondary N) is 1. The van der Waals surface area contributed by atoms with Crippen LogP contribution in [0.2, 0.25) is 0 Å². The molecule has 0 atom stereocenters. The lowest BCUT2D eigenvalue weighted by Gasteiger charge is -2.10. The summed E-state index contributed by atoms with van der Waals surface area (Å²) >= 11 is 0. The molecule has 1 aliphatic rings. The van der Waals surface area contributed by atoms with Gasteiger partial charge >= 0.3 is 5.97 Å². The van der Waals surface area contributed by atoms with Crippen LogP contribution in [0.25, 0.3) is 22.3 Å². The van der Waals surface area contributed by atoms with Crippen LogP contribution in [0.3, 0.4) is 0 Å². The molecule has 0 spiro atoms. The van der Waals surface area contributed by atoms with Crippen LogP contribution in [0.4, 0.5) is 39.8 Å². The Morgan fingerprint density at radius 2 is 1.21 bits per heavy atom. The van der Waals surface area contributed by atoms with Gasteiger partial charge in [0.25, 0.3) is 10.1 Å². The van der Waals surface area contributed by atoms with Crippen molar-refractivity contribution in [3.63, 3.8) is 0 Å². The average molecular weight is 713 g/mol. The van der Waals surface area contributed by atoms with Crippen molar-refractivity contribution in [3.8, 4) is 22.3 Å². The van der Waals surface area contributed by atoms with Gasteiger partial charge in [-0.25, -0.2) is 4.79 Å². The number of nitrogens with zero attached hydrogens (tertiary/aromatic N) is 5. The third kappa shape index (κ3) is 8.02. The smallest absolute Gasteiger partial charge is 0.339 e. The first-order valence-corrected chi connectivity index (χ1v) is 16.8. The van der Waals surface area contributed by atoms with E-state index in [2.05, 4.69) is 31.0 Å². The summed E-state index contributed by atoms with van der Waals surface area (Å²) in [7, 11) is -4.79. The van der Waals surface area contributed by atoms with Gasteiger partial charge in [0, 0.05) is 0 Å². The SMILES string of the molecule is Nc1c(N=Nc2ccc(-c3ccc(N/N=C4/C=CC(=O)C(C(=O)O)=C4)cc3)cc2)cc(S(=O)(=O)O)c(N)c1N=Nc1ccc(-c2ccccc2)cc1. The van der Waals surface area contributed by atoms with Crippen molar-refractivity contribution in [1.82, 2.24) is 0 Å². The van der Waals surface area contributed by atoms with Crippen LogP contribution >= 0.6 is 0 Å². The first kappa shape index (κ1) is 34.8. The van der Waals surface area contributed by atoms with E-state index in [1.54, 1.807) is 48.5 Å². The number of hydrogen-bond donors (Lipinski definition) is 5. The van der Waals surface area contributed by atoms with Crippen molar-refractivity contribution in [2.75, 3.05) is 16.9 Å². The zero-order chi connectivity index (χ0) is 36.8. The number of rotatable bonds is 10. The highest BCUT2D eigenvalue weighted by Gasteiger charge is 2.22. The molecule has 14 nitrogen and oxygen atoms in total. The number of nitrogens with two attached hydrogens (primary N) is 2. The van der Waals surface area contributed by atoms with Gasteiger partial charge in [-0.2, -0.15) is 23.7 Å². The highest BCUT2D eigenvalue weighted by molar-refractivity contribution is 7.86. The molecule has 52 heavy (non-hydrogen) atoms. The molecule has 6 rings (SSSR count). The van der Waals surface area contributed by atoms with E-state index in [9.17, 15) is 22.6 Å². The standard InChI is InChI=1S/C37H28N8O6S/c38-34-31(21-33(52(49,50)51)35(39)36(34)45-42-28-16-6-23(7-17-28)22-4-2-1-3-5-22)44-41-27-14-10-25(11-15-27)24-8-12-26(13-9-24)40-43-29-18-19-32(46)30(20-29)37(47)48/h1-21,40H,38-39H2,(H,47,48)(H,49,50,51)/b43-29-,44-41?,45-42?. The summed E-state index contributed by atoms with van der Waals surface area (Å²) in [6.07, 6.45) is 3.76. The Balaban J connectivity index is 1.18. The Kier molecular flexibility index (Phi) is 9.89. The number of allylic oxidation sites excluding steroid dienone is 3. The van der Waals surface area contributed by atoms with E-state index in [0.29, 0.717) is 17.1 Å². The molecule has 0 aliphatic heterocycles. The number of hydrogen-bond acceptors (Lipinski definition) is 12. The molecule has 1 aliphatic carbocycles. The lowest BCUT2D eigenvalue weighted by atomic mass is 10.0. The molecule has 0 bridgehead atoms. The predicted molar refractivity (Wildman–Crippen MR) is 198 cm³/mol. The maximum absolute atomic E-state index is 12.2. The van der Waals surface area contributed by atoms with Gasteiger partial charge in [0.1, 0.15) is 21.8 Å². The van der Waals surface area contributed by atoms with Crippen LogP contribution in [0, 0.1) is 0 Å². The summed E-state index contributed by atoms with van der Waals surface area (Å²) in [5.74, 6) is -1.92. The maximum atomic E-state index is 12.2. The fourth-order valence-electron chi connectivity index (χ4n) is 4.98. The second-order valence-corrected chi connectivity index (χ2v) is 12.6. The van der Waals surface area contributed by atoms with Gasteiger partial charge in [0.2, 0.25) is 0 Å². The van der Waals surface area contributed by atoms with Gasteiger partial charge < -0.3 is 16.6 Å². The number of carbonyl (C=O) groups excluding carboxylic acids is 1. The highest BCUT2D eigenvalue weighted by atomic mass is 32.2. The number of nitrogen functional groups attached to an aromatic ring is 2. The van der Waals surface area contributed by atoms with E-state index in [0.717, 1.165) is 34.4 Å². The minimum Gasteiger partial charge on any atom is -0.478 e. The van der Waals surface area contributed by atoms with Gasteiger partial charge in [-0.15, -0.1) is 10.2 Å². The maximum Gasteiger partial charge on any atom is 0.339 e. The number of aliphatic carboxylic acids is 1. The minimum absolute atomic E-state index is 0.0971. The van der Waals surface area contributed by atoms with Crippen LogP contribution in [0.1, 0.15) is 0 Å². The molecule has 0 radical (unpaired) electrons. The zero-order valence-electron chi connectivity index (χ0n) is 27.0. The number of azo groups is 2. The van der Waals surface area contributed by atoms with E-state index in [1.807, 2.05) is 54.6 Å². The molecule has 0 unspecified atom stereocenters. The van der Waals surface area contributed by atoms with Gasteiger partial charge in [-0.1, -0.05) is 66.7 Å². The molecular formula is C37H28N8O6S. The lowest BCUT2D eigenvalue weighted by Crippen LogP contribution is -2.15. The van der Waals surface area contributed by atoms with Crippen LogP contribution in [0.5, 0.6) is 0 Å². The molecule has 0 aromatic heterocycles. The second-order valence-electron chi connectivity index (χ2n) is 11.2. The van der Waals surface area contributed by atoms with Crippen molar-refractivity contribution in [2.24, 2.45) is 25.6 Å². The third-order valence-corrected chi connectivity index (χ3v) is 8.60. The minimum atomic E-state index is -4.79. The molecule has 0 amide bonds. The summed E-state index contributed by atoms with van der Waals surface area (Å²) in [5.41, 5.74) is 19.5. The van der Waals surface area contributed by atoms with Crippen LogP contribution in [-0.4, -0.2) is 35.5 Å². The van der Waals surface area contributed by atoms with E-state index >= 15 is 0 Å². The zero-order valence-corrected chi connectivity index (χ0v) is 27.8. The molecule has 5 aromatic carbocycles. The molecule has 0 saturated carbocycles. The van der Waals surface area contributed by atoms with Crippen molar-refractivity contribution < 1.29 is 27.7 Å². The van der Waals surface area contributed by atoms with E-state index < -0.39 is 32.5 Å². The predicted octanol–water partition coefficient (Wildman–Crippen LogP) is 8.18. The molecular weight excluding hydrogens is 685 g/mol. The molecule has 5 aromatic rings. The van der Waals surface area contributed by atoms with Gasteiger partial charge in [-0.3, -0.25) is 14.8 Å². The fraction of sp³-hybridized carbons (Fsp3) is 0. The van der Waals surface area contributed by atoms with E-state index in [4.69, 9.17) is 16.6 Å². The molecule has 15 heteroatoms.